The highest BCUT2D eigenvalue weighted by Gasteiger charge is 2.53. The van der Waals surface area contributed by atoms with Crippen LogP contribution in [0, 0.1) is 0 Å². The monoisotopic (exact) mass is 127 g/mol. The molecule has 1 aliphatic heterocycles. The van der Waals surface area contributed by atoms with E-state index >= 15 is 0 Å². The van der Waals surface area contributed by atoms with Gasteiger partial charge in [-0.2, -0.15) is 13.2 Å². The van der Waals surface area contributed by atoms with Crippen LogP contribution >= 0.6 is 0 Å². The average molecular weight is 127 g/mol. The zero-order valence-corrected chi connectivity index (χ0v) is 4.07. The second kappa shape index (κ2) is 1.35. The van der Waals surface area contributed by atoms with E-state index in [1.807, 2.05) is 0 Å². The van der Waals surface area contributed by atoms with Crippen LogP contribution in [0.15, 0.2) is 0 Å². The number of hydrogen-bond acceptors (Lipinski definition) is 2. The minimum absolute atomic E-state index is 0.0208. The van der Waals surface area contributed by atoms with Gasteiger partial charge < -0.3 is 0 Å². The molecule has 0 aromatic rings. The second-order valence-corrected chi connectivity index (χ2v) is 1.50. The van der Waals surface area contributed by atoms with Crippen LogP contribution in [0.4, 0.5) is 13.2 Å². The normalized spacial score (nSPS) is 37.5. The molecule has 0 radical (unpaired) electrons. The van der Waals surface area contributed by atoms with E-state index in [-0.39, 0.29) is 5.06 Å². The number of halogens is 3. The van der Waals surface area contributed by atoms with Crippen LogP contribution in [0.25, 0.3) is 0 Å². The highest BCUT2D eigenvalue weighted by atomic mass is 19.4. The van der Waals surface area contributed by atoms with Crippen LogP contribution in [-0.4, -0.2) is 17.6 Å². The first-order chi connectivity index (χ1) is 3.52. The zero-order chi connectivity index (χ0) is 6.36. The second-order valence-electron chi connectivity index (χ2n) is 1.50. The van der Waals surface area contributed by atoms with E-state index in [2.05, 4.69) is 4.84 Å². The van der Waals surface area contributed by atoms with Gasteiger partial charge in [0.1, 0.15) is 0 Å². The van der Waals surface area contributed by atoms with Gasteiger partial charge in [0, 0.05) is 0 Å². The van der Waals surface area contributed by atoms with Crippen molar-refractivity contribution >= 4 is 0 Å². The molecule has 2 nitrogen and oxygen atoms in total. The lowest BCUT2D eigenvalue weighted by molar-refractivity contribution is -0.247. The van der Waals surface area contributed by atoms with E-state index in [9.17, 15) is 13.2 Å². The molecule has 0 aromatic heterocycles. The Hall–Kier alpha value is -0.290. The minimum Gasteiger partial charge on any atom is -0.267 e. The van der Waals surface area contributed by atoms with Crippen molar-refractivity contribution in [2.75, 3.05) is 0 Å². The minimum atomic E-state index is -4.31. The van der Waals surface area contributed by atoms with Gasteiger partial charge in [-0.15, -0.1) is 0 Å². The van der Waals surface area contributed by atoms with Crippen molar-refractivity contribution in [3.63, 3.8) is 0 Å². The summed E-state index contributed by atoms with van der Waals surface area (Å²) >= 11 is 0. The molecule has 0 spiro atoms. The Bertz CT molecular complexity index is 101. The van der Waals surface area contributed by atoms with E-state index in [1.165, 1.54) is 6.92 Å². The Morgan fingerprint density at radius 3 is 1.88 bits per heavy atom. The average Bonchev–Trinajstić information content (AvgIpc) is 2.13. The lowest BCUT2D eigenvalue weighted by Gasteiger charge is -1.99. The molecule has 0 saturated carbocycles. The van der Waals surface area contributed by atoms with Crippen molar-refractivity contribution in [1.82, 2.24) is 5.06 Å². The first kappa shape index (κ1) is 5.84. The van der Waals surface area contributed by atoms with Gasteiger partial charge in [0.15, 0.2) is 6.23 Å². The van der Waals surface area contributed by atoms with Crippen LogP contribution in [0.2, 0.25) is 0 Å². The highest BCUT2D eigenvalue weighted by molar-refractivity contribution is 4.60. The SMILES string of the molecule is CC1ON1C(F)(F)F. The first-order valence-corrected chi connectivity index (χ1v) is 2.04. The number of alkyl halides is 3. The summed E-state index contributed by atoms with van der Waals surface area (Å²) in [5.74, 6) is 0. The summed E-state index contributed by atoms with van der Waals surface area (Å²) in [4.78, 5) is 3.99. The molecule has 1 heterocycles. The van der Waals surface area contributed by atoms with Crippen molar-refractivity contribution < 1.29 is 18.0 Å². The molecule has 0 bridgehead atoms. The molecule has 48 valence electrons. The van der Waals surface area contributed by atoms with Gasteiger partial charge in [0.2, 0.25) is 0 Å². The predicted octanol–water partition coefficient (Wildman–Crippen LogP) is 1.10. The standard InChI is InChI=1S/C3H4F3NO/c1-2-7(8-2)3(4,5)6/h2H,1H3. The molecule has 1 saturated heterocycles. The van der Waals surface area contributed by atoms with Gasteiger partial charge >= 0.3 is 6.30 Å². The van der Waals surface area contributed by atoms with Crippen molar-refractivity contribution in [3.05, 3.63) is 0 Å². The van der Waals surface area contributed by atoms with Gasteiger partial charge in [-0.25, -0.2) is 0 Å². The fraction of sp³-hybridized carbons (Fsp3) is 1.00. The molecule has 0 amide bonds. The Labute approximate surface area is 43.8 Å². The van der Waals surface area contributed by atoms with Crippen LogP contribution < -0.4 is 0 Å². The van der Waals surface area contributed by atoms with Crippen LogP contribution in [-0.2, 0) is 4.84 Å². The third kappa shape index (κ3) is 0.924. The third-order valence-corrected chi connectivity index (χ3v) is 0.801. The van der Waals surface area contributed by atoms with E-state index in [4.69, 9.17) is 0 Å². The van der Waals surface area contributed by atoms with Crippen molar-refractivity contribution in [2.45, 2.75) is 19.5 Å². The van der Waals surface area contributed by atoms with E-state index in [0.29, 0.717) is 0 Å². The molecule has 5 heteroatoms. The largest absolute Gasteiger partial charge is 0.485 e. The lowest BCUT2D eigenvalue weighted by atomic mass is 10.7. The molecule has 1 aliphatic rings. The summed E-state index contributed by atoms with van der Waals surface area (Å²) in [6.07, 6.45) is -5.09. The Balaban J connectivity index is 2.39. The number of hydrogen-bond donors (Lipinski definition) is 0. The summed E-state index contributed by atoms with van der Waals surface area (Å²) < 4.78 is 33.9. The molecule has 0 aliphatic carbocycles. The van der Waals surface area contributed by atoms with Crippen molar-refractivity contribution in [1.29, 1.82) is 0 Å². The molecular formula is C3H4F3NO. The molecule has 8 heavy (non-hydrogen) atoms. The molecule has 1 rings (SSSR count). The topological polar surface area (TPSA) is 15.5 Å². The molecule has 1 fully saturated rings. The molecular weight excluding hydrogens is 123 g/mol. The highest BCUT2D eigenvalue weighted by Crippen LogP contribution is 2.34. The summed E-state index contributed by atoms with van der Waals surface area (Å²) in [5.41, 5.74) is 0. The quantitative estimate of drug-likeness (QED) is 0.357. The van der Waals surface area contributed by atoms with Gasteiger partial charge in [0.25, 0.3) is 0 Å². The Morgan fingerprint density at radius 2 is 1.88 bits per heavy atom. The maximum absolute atomic E-state index is 11.3. The van der Waals surface area contributed by atoms with E-state index < -0.39 is 12.5 Å². The van der Waals surface area contributed by atoms with Gasteiger partial charge in [-0.3, -0.25) is 4.84 Å². The van der Waals surface area contributed by atoms with E-state index in [0.717, 1.165) is 0 Å². The summed E-state index contributed by atoms with van der Waals surface area (Å²) in [5, 5.41) is -0.0208. The fourth-order valence-electron chi connectivity index (χ4n) is 0.403. The van der Waals surface area contributed by atoms with Crippen molar-refractivity contribution in [2.24, 2.45) is 0 Å². The van der Waals surface area contributed by atoms with Crippen molar-refractivity contribution in [3.8, 4) is 0 Å². The number of nitrogens with zero attached hydrogens (tertiary/aromatic N) is 1. The third-order valence-electron chi connectivity index (χ3n) is 0.801. The van der Waals surface area contributed by atoms with Crippen LogP contribution in [0.1, 0.15) is 6.92 Å². The maximum atomic E-state index is 11.3. The Morgan fingerprint density at radius 1 is 1.50 bits per heavy atom. The molecule has 0 aromatic carbocycles. The van der Waals surface area contributed by atoms with Gasteiger partial charge in [-0.05, 0) is 6.92 Å². The van der Waals surface area contributed by atoms with Gasteiger partial charge in [-0.1, -0.05) is 5.06 Å². The predicted molar refractivity (Wildman–Crippen MR) is 18.4 cm³/mol. The fourth-order valence-corrected chi connectivity index (χ4v) is 0.403. The first-order valence-electron chi connectivity index (χ1n) is 2.04. The zero-order valence-electron chi connectivity index (χ0n) is 4.07. The number of rotatable bonds is 0. The number of hydroxylamine groups is 2. The summed E-state index contributed by atoms with van der Waals surface area (Å²) in [6.45, 7) is 1.33. The lowest BCUT2D eigenvalue weighted by Crippen LogP contribution is -2.21. The smallest absolute Gasteiger partial charge is 0.267 e. The van der Waals surface area contributed by atoms with Gasteiger partial charge in [0.05, 0.1) is 0 Å². The maximum Gasteiger partial charge on any atom is 0.485 e. The summed E-state index contributed by atoms with van der Waals surface area (Å²) in [6, 6.07) is 0. The summed E-state index contributed by atoms with van der Waals surface area (Å²) in [7, 11) is 0. The van der Waals surface area contributed by atoms with Crippen LogP contribution in [0.3, 0.4) is 0 Å². The Kier molecular flexibility index (Phi) is 0.989. The van der Waals surface area contributed by atoms with Crippen LogP contribution in [0.5, 0.6) is 0 Å². The van der Waals surface area contributed by atoms with E-state index in [1.54, 1.807) is 0 Å². The molecule has 2 atom stereocenters. The molecule has 0 N–H and O–H groups in total. The molecule has 2 unspecified atom stereocenters.